The maximum Gasteiger partial charge on any atom is 0.0679 e. The van der Waals surface area contributed by atoms with E-state index in [1.54, 1.807) is 0 Å². The van der Waals surface area contributed by atoms with Crippen LogP contribution < -0.4 is 5.32 Å². The topological polar surface area (TPSA) is 35.5 Å². The van der Waals surface area contributed by atoms with Crippen LogP contribution in [0.3, 0.4) is 0 Å². The van der Waals surface area contributed by atoms with Crippen LogP contribution in [0.1, 0.15) is 12.5 Å². The number of aliphatic hydroxyl groups is 1. The summed E-state index contributed by atoms with van der Waals surface area (Å²) < 4.78 is 0. The van der Waals surface area contributed by atoms with E-state index in [-0.39, 0.29) is 12.1 Å². The predicted octanol–water partition coefficient (Wildman–Crippen LogP) is 0.841. The van der Waals surface area contributed by atoms with Crippen LogP contribution in [0.25, 0.3) is 0 Å². The molecule has 0 amide bonds. The minimum absolute atomic E-state index is 0.231. The van der Waals surface area contributed by atoms with Gasteiger partial charge in [-0.05, 0) is 12.5 Å². The van der Waals surface area contributed by atoms with Gasteiger partial charge in [0.15, 0.2) is 0 Å². The van der Waals surface area contributed by atoms with Crippen LogP contribution in [0.15, 0.2) is 30.3 Å². The van der Waals surface area contributed by atoms with Crippen molar-refractivity contribution in [3.63, 3.8) is 0 Å². The van der Waals surface area contributed by atoms with Crippen molar-refractivity contribution in [3.05, 3.63) is 35.9 Å². The van der Waals surface area contributed by atoms with E-state index >= 15 is 0 Å². The lowest BCUT2D eigenvalue weighted by Crippen LogP contribution is -2.55. The van der Waals surface area contributed by atoms with E-state index in [0.717, 1.165) is 26.2 Å². The molecular weight excluding hydrogens is 200 g/mol. The highest BCUT2D eigenvalue weighted by atomic mass is 16.3. The number of benzene rings is 1. The zero-order chi connectivity index (χ0) is 11.4. The molecular formula is C13H20N2O. The van der Waals surface area contributed by atoms with Gasteiger partial charge in [-0.3, -0.25) is 4.90 Å². The number of hydrogen-bond donors (Lipinski definition) is 2. The molecule has 0 aliphatic carbocycles. The van der Waals surface area contributed by atoms with Gasteiger partial charge in [0, 0.05) is 32.2 Å². The number of nitrogens with one attached hydrogen (secondary N) is 1. The number of aliphatic hydroxyl groups excluding tert-OH is 1. The highest BCUT2D eigenvalue weighted by Crippen LogP contribution is 2.12. The highest BCUT2D eigenvalue weighted by molar-refractivity contribution is 5.14. The number of hydrogen-bond acceptors (Lipinski definition) is 3. The summed E-state index contributed by atoms with van der Waals surface area (Å²) in [5.41, 5.74) is 1.31. The van der Waals surface area contributed by atoms with Crippen molar-refractivity contribution in [1.29, 1.82) is 0 Å². The van der Waals surface area contributed by atoms with E-state index in [2.05, 4.69) is 34.5 Å². The van der Waals surface area contributed by atoms with Crippen molar-refractivity contribution in [2.45, 2.75) is 25.6 Å². The second-order valence-electron chi connectivity index (χ2n) is 4.47. The molecule has 0 unspecified atom stereocenters. The fourth-order valence-corrected chi connectivity index (χ4v) is 2.26. The molecule has 1 fully saturated rings. The average Bonchev–Trinajstić information content (AvgIpc) is 2.31. The lowest BCUT2D eigenvalue weighted by atomic mass is 10.1. The minimum Gasteiger partial charge on any atom is -0.392 e. The van der Waals surface area contributed by atoms with Gasteiger partial charge < -0.3 is 10.4 Å². The van der Waals surface area contributed by atoms with Gasteiger partial charge in [-0.15, -0.1) is 0 Å². The molecule has 0 radical (unpaired) electrons. The summed E-state index contributed by atoms with van der Waals surface area (Å²) in [5, 5.41) is 13.1. The molecule has 3 nitrogen and oxygen atoms in total. The Morgan fingerprint density at radius 2 is 2.19 bits per heavy atom. The Morgan fingerprint density at radius 1 is 1.44 bits per heavy atom. The second-order valence-corrected chi connectivity index (χ2v) is 4.47. The lowest BCUT2D eigenvalue weighted by molar-refractivity contribution is 0.0405. The van der Waals surface area contributed by atoms with E-state index in [4.69, 9.17) is 0 Å². The van der Waals surface area contributed by atoms with Crippen LogP contribution in [0.5, 0.6) is 0 Å². The van der Waals surface area contributed by atoms with Crippen molar-refractivity contribution < 1.29 is 5.11 Å². The molecule has 2 rings (SSSR count). The van der Waals surface area contributed by atoms with Crippen LogP contribution in [0.4, 0.5) is 0 Å². The molecule has 0 saturated carbocycles. The summed E-state index contributed by atoms with van der Waals surface area (Å²) in [4.78, 5) is 2.36. The molecule has 2 atom stereocenters. The molecule has 0 spiro atoms. The van der Waals surface area contributed by atoms with Gasteiger partial charge in [0.2, 0.25) is 0 Å². The van der Waals surface area contributed by atoms with E-state index in [9.17, 15) is 5.11 Å². The maximum absolute atomic E-state index is 9.74. The Labute approximate surface area is 97.1 Å². The van der Waals surface area contributed by atoms with Crippen LogP contribution in [0.2, 0.25) is 0 Å². The lowest BCUT2D eigenvalue weighted by Gasteiger charge is -2.37. The van der Waals surface area contributed by atoms with Crippen molar-refractivity contribution in [1.82, 2.24) is 10.2 Å². The molecule has 3 heteroatoms. The van der Waals surface area contributed by atoms with Crippen molar-refractivity contribution in [2.24, 2.45) is 0 Å². The van der Waals surface area contributed by atoms with E-state index in [0.29, 0.717) is 0 Å². The van der Waals surface area contributed by atoms with E-state index < -0.39 is 0 Å². The Balaban J connectivity index is 2.01. The zero-order valence-electron chi connectivity index (χ0n) is 9.76. The quantitative estimate of drug-likeness (QED) is 0.792. The van der Waals surface area contributed by atoms with Gasteiger partial charge in [0.05, 0.1) is 6.10 Å². The summed E-state index contributed by atoms with van der Waals surface area (Å²) in [7, 11) is 0. The summed E-state index contributed by atoms with van der Waals surface area (Å²) in [6.45, 7) is 5.69. The first-order valence-electron chi connectivity index (χ1n) is 5.94. The van der Waals surface area contributed by atoms with Gasteiger partial charge in [-0.2, -0.15) is 0 Å². The van der Waals surface area contributed by atoms with Crippen molar-refractivity contribution in [3.8, 4) is 0 Å². The summed E-state index contributed by atoms with van der Waals surface area (Å²) >= 11 is 0. The molecule has 1 aromatic rings. The number of rotatable bonds is 3. The highest BCUT2D eigenvalue weighted by Gasteiger charge is 2.25. The largest absolute Gasteiger partial charge is 0.392 e. The number of nitrogens with zero attached hydrogens (tertiary/aromatic N) is 1. The third kappa shape index (κ3) is 2.82. The van der Waals surface area contributed by atoms with Gasteiger partial charge in [0.1, 0.15) is 0 Å². The SMILES string of the molecule is C[C@@H](O)[C@H]1CNCCN1Cc1ccccc1. The normalized spacial score (nSPS) is 24.2. The van der Waals surface area contributed by atoms with Crippen LogP contribution in [0, 0.1) is 0 Å². The van der Waals surface area contributed by atoms with Crippen LogP contribution in [-0.2, 0) is 6.54 Å². The first-order chi connectivity index (χ1) is 7.77. The van der Waals surface area contributed by atoms with Gasteiger partial charge in [0.25, 0.3) is 0 Å². The zero-order valence-corrected chi connectivity index (χ0v) is 9.76. The Kier molecular flexibility index (Phi) is 3.93. The van der Waals surface area contributed by atoms with Gasteiger partial charge in [-0.25, -0.2) is 0 Å². The van der Waals surface area contributed by atoms with Gasteiger partial charge in [-0.1, -0.05) is 30.3 Å². The van der Waals surface area contributed by atoms with E-state index in [1.165, 1.54) is 5.56 Å². The maximum atomic E-state index is 9.74. The molecule has 88 valence electrons. The van der Waals surface area contributed by atoms with Crippen LogP contribution in [-0.4, -0.2) is 41.8 Å². The molecule has 16 heavy (non-hydrogen) atoms. The summed E-state index contributed by atoms with van der Waals surface area (Å²) in [6, 6.07) is 10.7. The molecule has 0 aromatic heterocycles. The smallest absolute Gasteiger partial charge is 0.0679 e. The monoisotopic (exact) mass is 220 g/mol. The summed E-state index contributed by atoms with van der Waals surface area (Å²) in [6.07, 6.45) is -0.281. The standard InChI is InChI=1S/C13H20N2O/c1-11(16)13-9-14-7-8-15(13)10-12-5-3-2-4-6-12/h2-6,11,13-14,16H,7-10H2,1H3/t11-,13-/m1/s1. The first-order valence-corrected chi connectivity index (χ1v) is 5.94. The Hall–Kier alpha value is -0.900. The second kappa shape index (κ2) is 5.43. The Bertz CT molecular complexity index is 313. The summed E-state index contributed by atoms with van der Waals surface area (Å²) in [5.74, 6) is 0. The minimum atomic E-state index is -0.281. The van der Waals surface area contributed by atoms with E-state index in [1.807, 2.05) is 13.0 Å². The number of piperazine rings is 1. The molecule has 0 bridgehead atoms. The Morgan fingerprint density at radius 3 is 2.88 bits per heavy atom. The van der Waals surface area contributed by atoms with Crippen molar-refractivity contribution >= 4 is 0 Å². The molecule has 1 heterocycles. The van der Waals surface area contributed by atoms with Gasteiger partial charge >= 0.3 is 0 Å². The molecule has 1 aromatic carbocycles. The molecule has 1 aliphatic heterocycles. The molecule has 1 aliphatic rings. The molecule has 2 N–H and O–H groups in total. The van der Waals surface area contributed by atoms with Crippen LogP contribution >= 0.6 is 0 Å². The molecule has 1 saturated heterocycles. The average molecular weight is 220 g/mol. The first kappa shape index (κ1) is 11.6. The van der Waals surface area contributed by atoms with Crippen molar-refractivity contribution in [2.75, 3.05) is 19.6 Å². The third-order valence-electron chi connectivity index (χ3n) is 3.18. The fraction of sp³-hybridized carbons (Fsp3) is 0.538. The predicted molar refractivity (Wildman–Crippen MR) is 65.2 cm³/mol. The fourth-order valence-electron chi connectivity index (χ4n) is 2.26. The third-order valence-corrected chi connectivity index (χ3v) is 3.18.